The van der Waals surface area contributed by atoms with Crippen LogP contribution in [-0.2, 0) is 0 Å². The Hall–Kier alpha value is -5.84. The molecule has 216 valence electrons. The first-order valence-electron chi connectivity index (χ1n) is 15.7. The lowest BCUT2D eigenvalue weighted by Crippen LogP contribution is -2.72. The van der Waals surface area contributed by atoms with Gasteiger partial charge >= 0.3 is 0 Å². The van der Waals surface area contributed by atoms with Gasteiger partial charge in [0.2, 0.25) is 5.95 Å². The summed E-state index contributed by atoms with van der Waals surface area (Å²) >= 11 is 0. The predicted octanol–water partition coefficient (Wildman–Crippen LogP) is 7.11. The summed E-state index contributed by atoms with van der Waals surface area (Å²) in [5.41, 5.74) is 7.64. The van der Waals surface area contributed by atoms with Crippen molar-refractivity contribution in [2.45, 2.75) is 0 Å². The highest BCUT2D eigenvalue weighted by atomic mass is 28.3. The maximum absolute atomic E-state index is 5.14. The molecule has 0 fully saturated rings. The van der Waals surface area contributed by atoms with Crippen LogP contribution in [0.25, 0.3) is 50.5 Å². The first-order chi connectivity index (χ1) is 22.8. The largest absolute Gasteiger partial charge is 0.285 e. The quantitative estimate of drug-likeness (QED) is 0.196. The number of aromatic nitrogens is 3. The summed E-state index contributed by atoms with van der Waals surface area (Å²) in [4.78, 5) is 10.3. The number of hydrogen-bond donors (Lipinski definition) is 0. The second-order valence-corrected chi connectivity index (χ2v) is 15.6. The molecular formula is C42H29N3Si. The second kappa shape index (κ2) is 10.7. The van der Waals surface area contributed by atoms with Crippen molar-refractivity contribution in [2.24, 2.45) is 0 Å². The van der Waals surface area contributed by atoms with E-state index in [0.29, 0.717) is 5.95 Å². The predicted molar refractivity (Wildman–Crippen MR) is 192 cm³/mol. The van der Waals surface area contributed by atoms with E-state index in [-0.39, 0.29) is 0 Å². The summed E-state index contributed by atoms with van der Waals surface area (Å²) in [6, 6.07) is 61.2. The van der Waals surface area contributed by atoms with Crippen molar-refractivity contribution in [2.75, 3.05) is 0 Å². The van der Waals surface area contributed by atoms with Crippen molar-refractivity contribution < 1.29 is 0 Å². The Morgan fingerprint density at radius 2 is 0.957 bits per heavy atom. The lowest BCUT2D eigenvalue weighted by atomic mass is 10.0. The van der Waals surface area contributed by atoms with Crippen LogP contribution in [0.2, 0.25) is 0 Å². The second-order valence-electron chi connectivity index (χ2n) is 11.8. The molecule has 3 heterocycles. The maximum Gasteiger partial charge on any atom is 0.235 e. The topological polar surface area (TPSA) is 30.7 Å². The number of benzene rings is 6. The molecule has 3 nitrogen and oxygen atoms in total. The Bertz CT molecular complexity index is 2250. The minimum Gasteiger partial charge on any atom is -0.285 e. The molecular weight excluding hydrogens is 575 g/mol. The third-order valence-electron chi connectivity index (χ3n) is 9.34. The van der Waals surface area contributed by atoms with Crippen LogP contribution in [0.5, 0.6) is 0 Å². The smallest absolute Gasteiger partial charge is 0.235 e. The Kier molecular flexibility index (Phi) is 6.15. The van der Waals surface area contributed by atoms with Crippen LogP contribution < -0.4 is 20.7 Å². The zero-order chi connectivity index (χ0) is 30.5. The van der Waals surface area contributed by atoms with E-state index in [1.54, 1.807) is 0 Å². The van der Waals surface area contributed by atoms with Crippen LogP contribution in [0.15, 0.2) is 176 Å². The van der Waals surface area contributed by atoms with Gasteiger partial charge < -0.3 is 0 Å². The molecule has 1 aliphatic rings. The van der Waals surface area contributed by atoms with Crippen LogP contribution in [0.3, 0.4) is 0 Å². The molecule has 8 aromatic rings. The number of rotatable bonds is 5. The van der Waals surface area contributed by atoms with E-state index in [1.165, 1.54) is 37.3 Å². The first kappa shape index (κ1) is 26.5. The Morgan fingerprint density at radius 3 is 1.54 bits per heavy atom. The zero-order valence-corrected chi connectivity index (χ0v) is 26.1. The highest BCUT2D eigenvalue weighted by Gasteiger charge is 2.48. The van der Waals surface area contributed by atoms with Crippen LogP contribution in [0.4, 0.5) is 0 Å². The van der Waals surface area contributed by atoms with Crippen molar-refractivity contribution >= 4 is 39.7 Å². The monoisotopic (exact) mass is 603 g/mol. The summed E-state index contributed by atoms with van der Waals surface area (Å²) < 4.78 is 2.16. The molecule has 2 aromatic heterocycles. The average Bonchev–Trinajstić information content (AvgIpc) is 3.69. The summed E-state index contributed by atoms with van der Waals surface area (Å²) in [7, 11) is -2.56. The molecule has 9 rings (SSSR count). The lowest BCUT2D eigenvalue weighted by molar-refractivity contribution is 0.969. The first-order valence-corrected chi connectivity index (χ1v) is 17.7. The fraction of sp³-hybridized carbons (Fsp3) is 0. The van der Waals surface area contributed by atoms with Gasteiger partial charge in [-0.05, 0) is 50.1 Å². The van der Waals surface area contributed by atoms with Gasteiger partial charge in [0.15, 0.2) is 8.07 Å². The van der Waals surface area contributed by atoms with Crippen LogP contribution in [0, 0.1) is 0 Å². The molecule has 0 spiro atoms. The molecule has 1 aliphatic heterocycles. The third-order valence-corrected chi connectivity index (χ3v) is 14.2. The van der Waals surface area contributed by atoms with E-state index in [1.807, 2.05) is 12.1 Å². The van der Waals surface area contributed by atoms with E-state index in [4.69, 9.17) is 9.97 Å². The number of fused-ring (bicyclic) bond motifs is 4. The van der Waals surface area contributed by atoms with Crippen molar-refractivity contribution in [1.82, 2.24) is 14.5 Å². The van der Waals surface area contributed by atoms with Gasteiger partial charge in [0.1, 0.15) is 0 Å². The lowest BCUT2D eigenvalue weighted by Gasteiger charge is -2.31. The Balaban J connectivity index is 1.31. The molecule has 0 saturated carbocycles. The normalized spacial score (nSPS) is 13.0. The van der Waals surface area contributed by atoms with Gasteiger partial charge in [-0.25, -0.2) is 9.97 Å². The fourth-order valence-electron chi connectivity index (χ4n) is 7.30. The molecule has 0 aliphatic carbocycles. The minimum atomic E-state index is -2.56. The van der Waals surface area contributed by atoms with E-state index < -0.39 is 8.07 Å². The van der Waals surface area contributed by atoms with E-state index in [2.05, 4.69) is 168 Å². The molecule has 0 amide bonds. The molecule has 0 N–H and O–H groups in total. The van der Waals surface area contributed by atoms with E-state index in [9.17, 15) is 0 Å². The zero-order valence-electron chi connectivity index (χ0n) is 25.1. The molecule has 4 heteroatoms. The highest BCUT2D eigenvalue weighted by molar-refractivity contribution is 7.22. The van der Waals surface area contributed by atoms with E-state index >= 15 is 0 Å². The van der Waals surface area contributed by atoms with E-state index in [0.717, 1.165) is 28.0 Å². The van der Waals surface area contributed by atoms with Gasteiger partial charge in [0, 0.05) is 22.7 Å². The standard InChI is InChI=1S/C42H29N3Si/c1-5-15-30(16-6-1)37-29-38(31-17-7-2-8-18-31)44-42(43-37)45-26-25-32-27-41-36(28-39(32)45)35-23-13-14-24-40(35)46(41,33-19-9-3-10-20-33)34-21-11-4-12-22-34/h1-29H. The SMILES string of the molecule is c1ccc(-c2cc(-c3ccccc3)nc(-n3ccc4cc5c(cc43)-c3ccccc3[Si]5(c3ccccc3)c3ccccc3)n2)cc1. The summed E-state index contributed by atoms with van der Waals surface area (Å²) in [5.74, 6) is 0.663. The number of nitrogens with zero attached hydrogens (tertiary/aromatic N) is 3. The molecule has 46 heavy (non-hydrogen) atoms. The Labute approximate surface area is 269 Å². The van der Waals surface area contributed by atoms with Crippen LogP contribution in [-0.4, -0.2) is 22.6 Å². The van der Waals surface area contributed by atoms with Gasteiger partial charge in [0.25, 0.3) is 0 Å². The molecule has 6 aromatic carbocycles. The molecule has 0 radical (unpaired) electrons. The summed E-state index contributed by atoms with van der Waals surface area (Å²) in [6.45, 7) is 0. The maximum atomic E-state index is 5.14. The minimum absolute atomic E-state index is 0.663. The van der Waals surface area contributed by atoms with Gasteiger partial charge in [-0.3, -0.25) is 4.57 Å². The third kappa shape index (κ3) is 4.04. The highest BCUT2D eigenvalue weighted by Crippen LogP contribution is 2.33. The van der Waals surface area contributed by atoms with Crippen molar-refractivity contribution in [3.63, 3.8) is 0 Å². The molecule has 0 atom stereocenters. The summed E-state index contributed by atoms with van der Waals surface area (Å²) in [6.07, 6.45) is 2.12. The number of hydrogen-bond acceptors (Lipinski definition) is 2. The Morgan fingerprint density at radius 1 is 0.435 bits per heavy atom. The summed E-state index contributed by atoms with van der Waals surface area (Å²) in [5, 5.41) is 6.86. The van der Waals surface area contributed by atoms with Gasteiger partial charge in [-0.2, -0.15) is 0 Å². The van der Waals surface area contributed by atoms with Crippen molar-refractivity contribution in [1.29, 1.82) is 0 Å². The molecule has 0 unspecified atom stereocenters. The van der Waals surface area contributed by atoms with Crippen molar-refractivity contribution in [3.8, 4) is 39.6 Å². The van der Waals surface area contributed by atoms with Crippen LogP contribution >= 0.6 is 0 Å². The van der Waals surface area contributed by atoms with Crippen LogP contribution in [0.1, 0.15) is 0 Å². The average molecular weight is 604 g/mol. The van der Waals surface area contributed by atoms with Gasteiger partial charge in [-0.15, -0.1) is 0 Å². The van der Waals surface area contributed by atoms with Gasteiger partial charge in [0.05, 0.1) is 16.9 Å². The molecule has 0 saturated heterocycles. The molecule has 0 bridgehead atoms. The van der Waals surface area contributed by atoms with Crippen molar-refractivity contribution in [3.05, 3.63) is 176 Å². The fourth-order valence-corrected chi connectivity index (χ4v) is 12.5. The van der Waals surface area contributed by atoms with Gasteiger partial charge in [-0.1, -0.05) is 152 Å².